The van der Waals surface area contributed by atoms with E-state index >= 15 is 0 Å². The Morgan fingerprint density at radius 1 is 1.47 bits per heavy atom. The van der Waals surface area contributed by atoms with Crippen LogP contribution in [0, 0.1) is 13.8 Å². The third kappa shape index (κ3) is 4.53. The SMILES string of the molecule is Cc1ccc(C(=O)NCCCC(C)N)c(C)n1. The molecule has 1 amide bonds. The van der Waals surface area contributed by atoms with Gasteiger partial charge in [0.2, 0.25) is 0 Å². The van der Waals surface area contributed by atoms with Crippen molar-refractivity contribution in [3.63, 3.8) is 0 Å². The van der Waals surface area contributed by atoms with Gasteiger partial charge in [-0.05, 0) is 45.7 Å². The van der Waals surface area contributed by atoms with Gasteiger partial charge in [-0.15, -0.1) is 0 Å². The van der Waals surface area contributed by atoms with Gasteiger partial charge in [-0.25, -0.2) is 0 Å². The first-order valence-electron chi connectivity index (χ1n) is 5.98. The molecule has 17 heavy (non-hydrogen) atoms. The number of amides is 1. The van der Waals surface area contributed by atoms with Gasteiger partial charge in [-0.2, -0.15) is 0 Å². The summed E-state index contributed by atoms with van der Waals surface area (Å²) in [5, 5.41) is 2.88. The third-order valence-corrected chi connectivity index (χ3v) is 2.59. The minimum atomic E-state index is -0.0559. The molecule has 0 spiro atoms. The Kier molecular flexibility index (Phi) is 5.10. The molecule has 4 nitrogen and oxygen atoms in total. The molecule has 0 aliphatic rings. The highest BCUT2D eigenvalue weighted by Crippen LogP contribution is 2.06. The minimum absolute atomic E-state index is 0.0559. The first kappa shape index (κ1) is 13.6. The predicted molar refractivity (Wildman–Crippen MR) is 68.9 cm³/mol. The van der Waals surface area contributed by atoms with Crippen molar-refractivity contribution in [2.24, 2.45) is 5.73 Å². The molecule has 1 unspecified atom stereocenters. The summed E-state index contributed by atoms with van der Waals surface area (Å²) < 4.78 is 0. The Hall–Kier alpha value is -1.42. The van der Waals surface area contributed by atoms with Crippen molar-refractivity contribution in [3.8, 4) is 0 Å². The molecule has 0 aliphatic carbocycles. The van der Waals surface area contributed by atoms with Crippen LogP contribution < -0.4 is 11.1 Å². The van der Waals surface area contributed by atoms with Crippen LogP contribution in [-0.2, 0) is 0 Å². The van der Waals surface area contributed by atoms with Crippen LogP contribution in [0.4, 0.5) is 0 Å². The summed E-state index contributed by atoms with van der Waals surface area (Å²) in [4.78, 5) is 16.1. The van der Waals surface area contributed by atoms with Gasteiger partial charge >= 0.3 is 0 Å². The monoisotopic (exact) mass is 235 g/mol. The van der Waals surface area contributed by atoms with E-state index in [1.165, 1.54) is 0 Å². The Morgan fingerprint density at radius 2 is 2.18 bits per heavy atom. The van der Waals surface area contributed by atoms with Gasteiger partial charge in [0.15, 0.2) is 0 Å². The maximum atomic E-state index is 11.8. The molecular formula is C13H21N3O. The fourth-order valence-electron chi connectivity index (χ4n) is 1.65. The Labute approximate surface area is 103 Å². The summed E-state index contributed by atoms with van der Waals surface area (Å²) in [6, 6.07) is 3.86. The molecule has 1 atom stereocenters. The average Bonchev–Trinajstić information content (AvgIpc) is 2.23. The lowest BCUT2D eigenvalue weighted by molar-refractivity contribution is 0.0951. The highest BCUT2D eigenvalue weighted by molar-refractivity contribution is 5.95. The van der Waals surface area contributed by atoms with E-state index in [9.17, 15) is 4.79 Å². The van der Waals surface area contributed by atoms with Crippen molar-refractivity contribution >= 4 is 5.91 Å². The highest BCUT2D eigenvalue weighted by Gasteiger charge is 2.09. The number of nitrogens with one attached hydrogen (secondary N) is 1. The van der Waals surface area contributed by atoms with Gasteiger partial charge in [-0.3, -0.25) is 9.78 Å². The van der Waals surface area contributed by atoms with Gasteiger partial charge < -0.3 is 11.1 Å². The summed E-state index contributed by atoms with van der Waals surface area (Å²) in [6.45, 7) is 6.39. The van der Waals surface area contributed by atoms with Gasteiger partial charge in [0.05, 0.1) is 11.3 Å². The second-order valence-corrected chi connectivity index (χ2v) is 4.46. The zero-order valence-corrected chi connectivity index (χ0v) is 10.8. The van der Waals surface area contributed by atoms with E-state index in [1.807, 2.05) is 32.9 Å². The van der Waals surface area contributed by atoms with E-state index in [4.69, 9.17) is 5.73 Å². The molecule has 0 aromatic carbocycles. The molecule has 0 fully saturated rings. The van der Waals surface area contributed by atoms with Crippen LogP contribution in [0.5, 0.6) is 0 Å². The second kappa shape index (κ2) is 6.35. The Balaban J connectivity index is 2.47. The maximum Gasteiger partial charge on any atom is 0.253 e. The number of rotatable bonds is 5. The predicted octanol–water partition coefficient (Wildman–Crippen LogP) is 1.56. The Bertz CT molecular complexity index is 388. The maximum absolute atomic E-state index is 11.8. The quantitative estimate of drug-likeness (QED) is 0.761. The van der Waals surface area contributed by atoms with Crippen LogP contribution in [0.15, 0.2) is 12.1 Å². The molecule has 0 saturated carbocycles. The van der Waals surface area contributed by atoms with E-state index in [0.29, 0.717) is 12.1 Å². The molecule has 0 saturated heterocycles. The van der Waals surface area contributed by atoms with Gasteiger partial charge in [0, 0.05) is 18.3 Å². The zero-order chi connectivity index (χ0) is 12.8. The van der Waals surface area contributed by atoms with Crippen LogP contribution in [0.1, 0.15) is 41.5 Å². The lowest BCUT2D eigenvalue weighted by atomic mass is 10.1. The van der Waals surface area contributed by atoms with E-state index in [1.54, 1.807) is 0 Å². The van der Waals surface area contributed by atoms with Crippen molar-refractivity contribution in [3.05, 3.63) is 29.1 Å². The number of carbonyl (C=O) groups is 1. The molecule has 1 heterocycles. The second-order valence-electron chi connectivity index (χ2n) is 4.46. The molecular weight excluding hydrogens is 214 g/mol. The molecule has 0 radical (unpaired) electrons. The molecule has 0 bridgehead atoms. The standard InChI is InChI=1S/C13H21N3O/c1-9(14)5-4-8-15-13(17)12-7-6-10(2)16-11(12)3/h6-7,9H,4-5,8,14H2,1-3H3,(H,15,17). The largest absolute Gasteiger partial charge is 0.352 e. The number of hydrogen-bond acceptors (Lipinski definition) is 3. The van der Waals surface area contributed by atoms with Gasteiger partial charge in [0.1, 0.15) is 0 Å². The highest BCUT2D eigenvalue weighted by atomic mass is 16.1. The van der Waals surface area contributed by atoms with Crippen LogP contribution in [0.25, 0.3) is 0 Å². The number of pyridine rings is 1. The molecule has 4 heteroatoms. The van der Waals surface area contributed by atoms with E-state index in [-0.39, 0.29) is 11.9 Å². The fraction of sp³-hybridized carbons (Fsp3) is 0.538. The van der Waals surface area contributed by atoms with Crippen molar-refractivity contribution in [2.45, 2.75) is 39.7 Å². The summed E-state index contributed by atoms with van der Waals surface area (Å²) >= 11 is 0. The number of aromatic nitrogens is 1. The number of carbonyl (C=O) groups excluding carboxylic acids is 1. The van der Waals surface area contributed by atoms with E-state index in [2.05, 4.69) is 10.3 Å². The van der Waals surface area contributed by atoms with Crippen LogP contribution in [0.3, 0.4) is 0 Å². The molecule has 0 aliphatic heterocycles. The fourth-order valence-corrected chi connectivity index (χ4v) is 1.65. The van der Waals surface area contributed by atoms with Crippen LogP contribution in [0.2, 0.25) is 0 Å². The molecule has 3 N–H and O–H groups in total. The van der Waals surface area contributed by atoms with Crippen LogP contribution >= 0.6 is 0 Å². The minimum Gasteiger partial charge on any atom is -0.352 e. The first-order chi connectivity index (χ1) is 8.00. The number of hydrogen-bond donors (Lipinski definition) is 2. The lowest BCUT2D eigenvalue weighted by Gasteiger charge is -2.08. The topological polar surface area (TPSA) is 68.0 Å². The van der Waals surface area contributed by atoms with Crippen LogP contribution in [-0.4, -0.2) is 23.5 Å². The molecule has 1 rings (SSSR count). The van der Waals surface area contributed by atoms with E-state index < -0.39 is 0 Å². The van der Waals surface area contributed by atoms with Crippen molar-refractivity contribution in [2.75, 3.05) is 6.54 Å². The van der Waals surface area contributed by atoms with Crippen molar-refractivity contribution < 1.29 is 4.79 Å². The number of nitrogens with zero attached hydrogens (tertiary/aromatic N) is 1. The Morgan fingerprint density at radius 3 is 2.76 bits per heavy atom. The number of nitrogens with two attached hydrogens (primary N) is 1. The summed E-state index contributed by atoms with van der Waals surface area (Å²) in [5.74, 6) is -0.0559. The summed E-state index contributed by atoms with van der Waals surface area (Å²) in [5.41, 5.74) is 7.99. The third-order valence-electron chi connectivity index (χ3n) is 2.59. The zero-order valence-electron chi connectivity index (χ0n) is 10.8. The molecule has 1 aromatic heterocycles. The molecule has 1 aromatic rings. The van der Waals surface area contributed by atoms with E-state index in [0.717, 1.165) is 24.2 Å². The smallest absolute Gasteiger partial charge is 0.253 e. The van der Waals surface area contributed by atoms with Crippen molar-refractivity contribution in [1.82, 2.24) is 10.3 Å². The first-order valence-corrected chi connectivity index (χ1v) is 5.98. The lowest BCUT2D eigenvalue weighted by Crippen LogP contribution is -2.27. The van der Waals surface area contributed by atoms with Gasteiger partial charge in [-0.1, -0.05) is 0 Å². The molecule has 94 valence electrons. The average molecular weight is 235 g/mol. The van der Waals surface area contributed by atoms with Gasteiger partial charge in [0.25, 0.3) is 5.91 Å². The normalized spacial score (nSPS) is 12.2. The number of aryl methyl sites for hydroxylation is 2. The summed E-state index contributed by atoms with van der Waals surface area (Å²) in [7, 11) is 0. The summed E-state index contributed by atoms with van der Waals surface area (Å²) in [6.07, 6.45) is 1.83. The van der Waals surface area contributed by atoms with Crippen molar-refractivity contribution in [1.29, 1.82) is 0 Å².